The molecule has 2 heterocycles. The van der Waals surface area contributed by atoms with Crippen LogP contribution >= 0.6 is 11.8 Å². The van der Waals surface area contributed by atoms with Crippen molar-refractivity contribution in [1.82, 2.24) is 14.6 Å². The van der Waals surface area contributed by atoms with Crippen LogP contribution in [0.3, 0.4) is 0 Å². The molecule has 1 aliphatic carbocycles. The Balaban J connectivity index is 1.59. The zero-order valence-electron chi connectivity index (χ0n) is 15.2. The number of carbonyl (C=O) groups excluding carboxylic acids is 1. The zero-order chi connectivity index (χ0) is 18.6. The molecule has 0 spiro atoms. The molecule has 1 atom stereocenters. The van der Waals surface area contributed by atoms with Crippen LogP contribution in [0.1, 0.15) is 51.9 Å². The highest BCUT2D eigenvalue weighted by Gasteiger charge is 2.26. The molecule has 26 heavy (non-hydrogen) atoms. The number of hydrogen-bond donors (Lipinski definition) is 1. The largest absolute Gasteiger partial charge is 0.352 e. The van der Waals surface area contributed by atoms with Crippen molar-refractivity contribution in [3.63, 3.8) is 0 Å². The average Bonchev–Trinajstić information content (AvgIpc) is 3.16. The van der Waals surface area contributed by atoms with Gasteiger partial charge in [-0.05, 0) is 44.7 Å². The molecule has 8 heteroatoms. The molecule has 0 radical (unpaired) electrons. The van der Waals surface area contributed by atoms with E-state index in [2.05, 4.69) is 10.3 Å². The first-order valence-electron chi connectivity index (χ1n) is 9.40. The van der Waals surface area contributed by atoms with Crippen molar-refractivity contribution in [3.8, 4) is 0 Å². The predicted molar refractivity (Wildman–Crippen MR) is 103 cm³/mol. The van der Waals surface area contributed by atoms with Gasteiger partial charge in [-0.3, -0.25) is 4.79 Å². The first kappa shape index (κ1) is 19.6. The van der Waals surface area contributed by atoms with Crippen LogP contribution in [0.5, 0.6) is 0 Å². The number of rotatable bonds is 6. The van der Waals surface area contributed by atoms with Gasteiger partial charge in [-0.2, -0.15) is 4.31 Å². The maximum Gasteiger partial charge on any atom is 0.244 e. The van der Waals surface area contributed by atoms with E-state index < -0.39 is 10.0 Å². The van der Waals surface area contributed by atoms with E-state index in [0.717, 1.165) is 32.1 Å². The molecule has 1 aromatic rings. The number of sulfonamides is 1. The van der Waals surface area contributed by atoms with Gasteiger partial charge in [-0.25, -0.2) is 13.4 Å². The third kappa shape index (κ3) is 4.78. The summed E-state index contributed by atoms with van der Waals surface area (Å²) in [5.41, 5.74) is 0. The van der Waals surface area contributed by atoms with E-state index in [1.54, 1.807) is 12.1 Å². The highest BCUT2D eigenvalue weighted by atomic mass is 32.2. The SMILES string of the molecule is C[C@@H](Sc1ccc(S(=O)(=O)N2CCCCC2)cn1)C(=O)NC1CCCC1. The molecule has 144 valence electrons. The van der Waals surface area contributed by atoms with Gasteiger partial charge in [-0.15, -0.1) is 0 Å². The number of hydrogen-bond acceptors (Lipinski definition) is 5. The van der Waals surface area contributed by atoms with Crippen molar-refractivity contribution >= 4 is 27.7 Å². The Morgan fingerprint density at radius 1 is 1.19 bits per heavy atom. The molecule has 2 fully saturated rings. The number of nitrogens with one attached hydrogen (secondary N) is 1. The van der Waals surface area contributed by atoms with Crippen molar-refractivity contribution in [3.05, 3.63) is 18.3 Å². The smallest absolute Gasteiger partial charge is 0.244 e. The Kier molecular flexibility index (Phi) is 6.58. The van der Waals surface area contributed by atoms with E-state index >= 15 is 0 Å². The summed E-state index contributed by atoms with van der Waals surface area (Å²) in [6.45, 7) is 3.02. The molecule has 2 aliphatic rings. The normalized spacial score (nSPS) is 20.8. The van der Waals surface area contributed by atoms with Gasteiger partial charge < -0.3 is 5.32 Å². The van der Waals surface area contributed by atoms with Gasteiger partial charge in [0.05, 0.1) is 10.3 Å². The van der Waals surface area contributed by atoms with Crippen LogP contribution in [0, 0.1) is 0 Å². The fourth-order valence-corrected chi connectivity index (χ4v) is 5.73. The Morgan fingerprint density at radius 2 is 1.88 bits per heavy atom. The first-order chi connectivity index (χ1) is 12.5. The number of aromatic nitrogens is 1. The van der Waals surface area contributed by atoms with E-state index in [4.69, 9.17) is 0 Å². The Hall–Kier alpha value is -1.12. The highest BCUT2D eigenvalue weighted by Crippen LogP contribution is 2.25. The fraction of sp³-hybridized carbons (Fsp3) is 0.667. The van der Waals surface area contributed by atoms with E-state index in [1.165, 1.54) is 35.1 Å². The molecule has 1 saturated carbocycles. The van der Waals surface area contributed by atoms with Gasteiger partial charge in [0.1, 0.15) is 4.90 Å². The minimum atomic E-state index is -3.46. The molecule has 0 unspecified atom stereocenters. The number of amides is 1. The molecule has 1 aliphatic heterocycles. The Bertz CT molecular complexity index is 710. The predicted octanol–water partition coefficient (Wildman–Crippen LogP) is 2.80. The lowest BCUT2D eigenvalue weighted by Crippen LogP contribution is -2.37. The van der Waals surface area contributed by atoms with Crippen molar-refractivity contribution in [1.29, 1.82) is 0 Å². The molecule has 3 rings (SSSR count). The Morgan fingerprint density at radius 3 is 2.50 bits per heavy atom. The summed E-state index contributed by atoms with van der Waals surface area (Å²) in [7, 11) is -3.46. The molecule has 1 saturated heterocycles. The summed E-state index contributed by atoms with van der Waals surface area (Å²) in [5, 5.41) is 3.49. The second kappa shape index (κ2) is 8.71. The van der Waals surface area contributed by atoms with E-state index in [9.17, 15) is 13.2 Å². The van der Waals surface area contributed by atoms with Crippen LogP contribution in [0.4, 0.5) is 0 Å². The molecule has 6 nitrogen and oxygen atoms in total. The molecule has 0 aromatic carbocycles. The van der Waals surface area contributed by atoms with Crippen molar-refractivity contribution in [2.45, 2.75) is 73.1 Å². The van der Waals surface area contributed by atoms with E-state index in [-0.39, 0.29) is 16.1 Å². The second-order valence-electron chi connectivity index (χ2n) is 7.05. The lowest BCUT2D eigenvalue weighted by molar-refractivity contribution is -0.120. The van der Waals surface area contributed by atoms with Gasteiger partial charge in [0, 0.05) is 25.3 Å². The van der Waals surface area contributed by atoms with Gasteiger partial charge in [0.15, 0.2) is 0 Å². The summed E-state index contributed by atoms with van der Waals surface area (Å²) in [4.78, 5) is 16.8. The van der Waals surface area contributed by atoms with E-state index in [0.29, 0.717) is 24.2 Å². The fourth-order valence-electron chi connectivity index (χ4n) is 3.47. The average molecular weight is 398 g/mol. The molecule has 0 bridgehead atoms. The number of nitrogens with zero attached hydrogens (tertiary/aromatic N) is 2. The maximum atomic E-state index is 12.6. The van der Waals surface area contributed by atoms with Gasteiger partial charge >= 0.3 is 0 Å². The maximum absolute atomic E-state index is 12.6. The van der Waals surface area contributed by atoms with Crippen LogP contribution in [-0.4, -0.2) is 48.0 Å². The minimum absolute atomic E-state index is 0.0220. The zero-order valence-corrected chi connectivity index (χ0v) is 16.8. The monoisotopic (exact) mass is 397 g/mol. The topological polar surface area (TPSA) is 79.4 Å². The summed E-state index contributed by atoms with van der Waals surface area (Å²) >= 11 is 1.36. The van der Waals surface area contributed by atoms with Crippen molar-refractivity contribution in [2.24, 2.45) is 0 Å². The number of piperidine rings is 1. The quantitative estimate of drug-likeness (QED) is 0.747. The third-order valence-corrected chi connectivity index (χ3v) is 7.96. The minimum Gasteiger partial charge on any atom is -0.352 e. The lowest BCUT2D eigenvalue weighted by atomic mass is 10.2. The summed E-state index contributed by atoms with van der Waals surface area (Å²) in [6, 6.07) is 3.59. The van der Waals surface area contributed by atoms with Crippen LogP contribution in [0.15, 0.2) is 28.3 Å². The number of thioether (sulfide) groups is 1. The highest BCUT2D eigenvalue weighted by molar-refractivity contribution is 8.00. The molecule has 1 aromatic heterocycles. The van der Waals surface area contributed by atoms with Gasteiger partial charge in [0.2, 0.25) is 15.9 Å². The molecule has 1 N–H and O–H groups in total. The third-order valence-electron chi connectivity index (χ3n) is 5.03. The van der Waals surface area contributed by atoms with Gasteiger partial charge in [0.25, 0.3) is 0 Å². The summed E-state index contributed by atoms with van der Waals surface area (Å²) in [6.07, 6.45) is 8.80. The molecule has 1 amide bonds. The van der Waals surface area contributed by atoms with E-state index in [1.807, 2.05) is 6.92 Å². The summed E-state index contributed by atoms with van der Waals surface area (Å²) < 4.78 is 26.8. The standard InChI is InChI=1S/C18H27N3O3S2/c1-14(18(22)20-15-7-3-4-8-15)25-17-10-9-16(13-19-17)26(23,24)21-11-5-2-6-12-21/h9-10,13-15H,2-8,11-12H2,1H3,(H,20,22)/t14-/m1/s1. The molecular weight excluding hydrogens is 370 g/mol. The van der Waals surface area contributed by atoms with Crippen LogP contribution < -0.4 is 5.32 Å². The van der Waals surface area contributed by atoms with Gasteiger partial charge in [-0.1, -0.05) is 31.0 Å². The van der Waals surface area contributed by atoms with Crippen molar-refractivity contribution in [2.75, 3.05) is 13.1 Å². The second-order valence-corrected chi connectivity index (χ2v) is 10.3. The first-order valence-corrected chi connectivity index (χ1v) is 11.7. The number of pyridine rings is 1. The van der Waals surface area contributed by atoms with Crippen molar-refractivity contribution < 1.29 is 13.2 Å². The lowest BCUT2D eigenvalue weighted by Gasteiger charge is -2.25. The number of carbonyl (C=O) groups is 1. The van der Waals surface area contributed by atoms with Crippen LogP contribution in [0.2, 0.25) is 0 Å². The Labute approximate surface area is 160 Å². The molecular formula is C18H27N3O3S2. The summed E-state index contributed by atoms with van der Waals surface area (Å²) in [5.74, 6) is 0.0220. The van der Waals surface area contributed by atoms with Crippen LogP contribution in [-0.2, 0) is 14.8 Å². The van der Waals surface area contributed by atoms with Crippen LogP contribution in [0.25, 0.3) is 0 Å².